The largest absolute Gasteiger partial charge is 0.481 e. The highest BCUT2D eigenvalue weighted by Crippen LogP contribution is 2.45. The molecule has 3 unspecified atom stereocenters. The van der Waals surface area contributed by atoms with Crippen molar-refractivity contribution in [2.24, 2.45) is 0 Å². The average Bonchev–Trinajstić information content (AvgIpc) is 3.07. The molecule has 3 atom stereocenters. The normalized spacial score (nSPS) is 21.9. The van der Waals surface area contributed by atoms with Gasteiger partial charge < -0.3 is 25.0 Å². The Labute approximate surface area is 211 Å². The van der Waals surface area contributed by atoms with Gasteiger partial charge in [-0.3, -0.25) is 9.59 Å². The Morgan fingerprint density at radius 1 is 1.23 bits per heavy atom. The number of rotatable bonds is 10. The van der Waals surface area contributed by atoms with Gasteiger partial charge in [0.2, 0.25) is 0 Å². The zero-order valence-electron chi connectivity index (χ0n) is 20.3. The van der Waals surface area contributed by atoms with E-state index in [2.05, 4.69) is 20.5 Å². The maximum Gasteiger partial charge on any atom is 0.262 e. The van der Waals surface area contributed by atoms with Crippen LogP contribution < -0.4 is 20.3 Å². The van der Waals surface area contributed by atoms with Gasteiger partial charge in [-0.1, -0.05) is 18.5 Å². The van der Waals surface area contributed by atoms with E-state index in [1.165, 1.54) is 0 Å². The zero-order valence-corrected chi connectivity index (χ0v) is 21.0. The third kappa shape index (κ3) is 5.54. The predicted molar refractivity (Wildman–Crippen MR) is 135 cm³/mol. The first-order valence-electron chi connectivity index (χ1n) is 12.2. The van der Waals surface area contributed by atoms with Gasteiger partial charge in [0.05, 0.1) is 12.2 Å². The summed E-state index contributed by atoms with van der Waals surface area (Å²) in [5.74, 6) is 0.834. The van der Waals surface area contributed by atoms with Crippen molar-refractivity contribution in [2.75, 3.05) is 25.2 Å². The summed E-state index contributed by atoms with van der Waals surface area (Å²) in [6.07, 6.45) is 6.07. The van der Waals surface area contributed by atoms with E-state index in [4.69, 9.17) is 21.1 Å². The molecule has 1 aromatic carbocycles. The van der Waals surface area contributed by atoms with E-state index in [0.29, 0.717) is 41.7 Å². The summed E-state index contributed by atoms with van der Waals surface area (Å²) in [7, 11) is 1.60. The van der Waals surface area contributed by atoms with Crippen molar-refractivity contribution < 1.29 is 19.1 Å². The van der Waals surface area contributed by atoms with Crippen molar-refractivity contribution in [3.63, 3.8) is 0 Å². The topological polar surface area (TPSA) is 92.8 Å². The van der Waals surface area contributed by atoms with E-state index < -0.39 is 11.8 Å². The predicted octanol–water partition coefficient (Wildman–Crippen LogP) is 3.93. The molecule has 0 spiro atoms. The van der Waals surface area contributed by atoms with E-state index in [9.17, 15) is 9.59 Å². The first kappa shape index (κ1) is 25.3. The summed E-state index contributed by atoms with van der Waals surface area (Å²) in [4.78, 5) is 33.2. The molecule has 35 heavy (non-hydrogen) atoms. The molecule has 2 N–H and O–H groups in total. The monoisotopic (exact) mass is 500 g/mol. The molecule has 0 aliphatic carbocycles. The molecule has 0 saturated carbocycles. The minimum Gasteiger partial charge on any atom is -0.481 e. The summed E-state index contributed by atoms with van der Waals surface area (Å²) >= 11 is 5.98. The highest BCUT2D eigenvalue weighted by Gasteiger charge is 2.51. The molecule has 8 nitrogen and oxygen atoms in total. The van der Waals surface area contributed by atoms with Crippen LogP contribution in [-0.4, -0.2) is 54.9 Å². The lowest BCUT2D eigenvalue weighted by Crippen LogP contribution is -2.63. The van der Waals surface area contributed by atoms with Crippen LogP contribution in [0.3, 0.4) is 0 Å². The van der Waals surface area contributed by atoms with Gasteiger partial charge >= 0.3 is 0 Å². The van der Waals surface area contributed by atoms with Gasteiger partial charge in [0.15, 0.2) is 6.10 Å². The Balaban J connectivity index is 1.57. The average molecular weight is 501 g/mol. The highest BCUT2D eigenvalue weighted by molar-refractivity contribution is 6.30. The van der Waals surface area contributed by atoms with Gasteiger partial charge in [-0.15, -0.1) is 0 Å². The summed E-state index contributed by atoms with van der Waals surface area (Å²) in [6.45, 7) is 2.77. The summed E-state index contributed by atoms with van der Waals surface area (Å²) < 4.78 is 11.1. The Kier molecular flexibility index (Phi) is 8.13. The minimum atomic E-state index is -0.645. The second-order valence-electron chi connectivity index (χ2n) is 9.07. The lowest BCUT2D eigenvalue weighted by atomic mass is 9.95. The fraction of sp³-hybridized carbons (Fsp3) is 0.500. The Hall–Kier alpha value is -2.84. The molecule has 2 fully saturated rings. The molecule has 188 valence electrons. The summed E-state index contributed by atoms with van der Waals surface area (Å²) in [5.41, 5.74) is -0.104. The van der Waals surface area contributed by atoms with Crippen LogP contribution in [-0.2, 0) is 9.53 Å². The van der Waals surface area contributed by atoms with Crippen LogP contribution in [0.15, 0.2) is 42.6 Å². The number of halogens is 1. The standard InChI is InChI=1S/C26H33ClN4O4/c1-3-22(35-20-10-8-18(27)9-11-20)25(33)30-26-13-4-6-19(12-14-26)31(26)23-21(7-5-15-28-23)24(32)29-16-17-34-2/h5,7-11,15,19,22H,3-4,6,12-14,16-17H2,1-2H3,(H,29,32)(H,30,33). The number of hydrogen-bond acceptors (Lipinski definition) is 6. The van der Waals surface area contributed by atoms with E-state index in [0.717, 1.165) is 32.1 Å². The Bertz CT molecular complexity index is 1030. The molecular formula is C26H33ClN4O4. The van der Waals surface area contributed by atoms with E-state index >= 15 is 0 Å². The van der Waals surface area contributed by atoms with Gasteiger partial charge in [0.25, 0.3) is 11.8 Å². The molecule has 9 heteroatoms. The van der Waals surface area contributed by atoms with Crippen LogP contribution in [0.2, 0.25) is 5.02 Å². The van der Waals surface area contributed by atoms with Crippen molar-refractivity contribution in [3.05, 3.63) is 53.2 Å². The molecule has 2 aliphatic rings. The molecule has 2 aromatic rings. The maximum absolute atomic E-state index is 13.5. The molecule has 1 aromatic heterocycles. The Morgan fingerprint density at radius 2 is 2.03 bits per heavy atom. The molecule has 4 rings (SSSR count). The van der Waals surface area contributed by atoms with Crippen molar-refractivity contribution in [1.82, 2.24) is 15.6 Å². The SMILES string of the molecule is CCC(Oc1ccc(Cl)cc1)C(=O)NC12CCCC(CC1)N2c1ncccc1C(=O)NCCOC. The quantitative estimate of drug-likeness (QED) is 0.480. The first-order chi connectivity index (χ1) is 17.0. The van der Waals surface area contributed by atoms with Gasteiger partial charge in [-0.25, -0.2) is 4.98 Å². The number of nitrogens with zero attached hydrogens (tertiary/aromatic N) is 2. The number of fused-ring (bicyclic) bond motifs is 2. The van der Waals surface area contributed by atoms with E-state index in [1.807, 2.05) is 6.92 Å². The third-order valence-corrected chi connectivity index (χ3v) is 7.06. The second-order valence-corrected chi connectivity index (χ2v) is 9.50. The minimum absolute atomic E-state index is 0.169. The lowest BCUT2D eigenvalue weighted by Gasteiger charge is -2.46. The fourth-order valence-corrected chi connectivity index (χ4v) is 5.28. The number of carbonyl (C=O) groups is 2. The fourth-order valence-electron chi connectivity index (χ4n) is 5.15. The number of methoxy groups -OCH3 is 1. The second kappa shape index (κ2) is 11.3. The van der Waals surface area contributed by atoms with Crippen molar-refractivity contribution in [1.29, 1.82) is 0 Å². The number of amides is 2. The number of hydrogen-bond donors (Lipinski definition) is 2. The van der Waals surface area contributed by atoms with Crippen molar-refractivity contribution in [3.8, 4) is 5.75 Å². The van der Waals surface area contributed by atoms with E-state index in [1.54, 1.807) is 49.7 Å². The maximum atomic E-state index is 13.5. The van der Waals surface area contributed by atoms with E-state index in [-0.39, 0.29) is 17.9 Å². The van der Waals surface area contributed by atoms with Gasteiger partial charge in [0, 0.05) is 30.9 Å². The smallest absolute Gasteiger partial charge is 0.262 e. The van der Waals surface area contributed by atoms with Gasteiger partial charge in [-0.2, -0.15) is 0 Å². The third-order valence-electron chi connectivity index (χ3n) is 6.81. The molecule has 2 aliphatic heterocycles. The van der Waals surface area contributed by atoms with Crippen LogP contribution in [0.5, 0.6) is 5.75 Å². The van der Waals surface area contributed by atoms with Crippen molar-refractivity contribution in [2.45, 2.75) is 63.3 Å². The number of carbonyl (C=O) groups excluding carboxylic acids is 2. The molecule has 2 bridgehead atoms. The van der Waals surface area contributed by atoms with Crippen LogP contribution in [0.4, 0.5) is 5.82 Å². The van der Waals surface area contributed by atoms with Crippen LogP contribution in [0, 0.1) is 0 Å². The summed E-state index contributed by atoms with van der Waals surface area (Å²) in [6, 6.07) is 10.8. The van der Waals surface area contributed by atoms with Crippen LogP contribution >= 0.6 is 11.6 Å². The van der Waals surface area contributed by atoms with Crippen molar-refractivity contribution >= 4 is 29.2 Å². The van der Waals surface area contributed by atoms with Gasteiger partial charge in [0.1, 0.15) is 17.2 Å². The number of nitrogens with one attached hydrogen (secondary N) is 2. The molecule has 2 saturated heterocycles. The number of aromatic nitrogens is 1. The van der Waals surface area contributed by atoms with Gasteiger partial charge in [-0.05, 0) is 74.9 Å². The summed E-state index contributed by atoms with van der Waals surface area (Å²) in [5, 5.41) is 6.82. The number of benzene rings is 1. The molecule has 3 heterocycles. The molecular weight excluding hydrogens is 468 g/mol. The zero-order chi connectivity index (χ0) is 24.8. The molecule has 2 amide bonds. The van der Waals surface area contributed by atoms with Crippen LogP contribution in [0.1, 0.15) is 55.8 Å². The number of piperidine rings is 1. The highest BCUT2D eigenvalue weighted by atomic mass is 35.5. The number of anilines is 1. The Morgan fingerprint density at radius 3 is 2.77 bits per heavy atom. The first-order valence-corrected chi connectivity index (χ1v) is 12.6. The number of pyridine rings is 1. The number of ether oxygens (including phenoxy) is 2. The van der Waals surface area contributed by atoms with Crippen LogP contribution in [0.25, 0.3) is 0 Å². The lowest BCUT2D eigenvalue weighted by molar-refractivity contribution is -0.130. The molecule has 0 radical (unpaired) electrons.